The Morgan fingerprint density at radius 2 is 2.31 bits per heavy atom. The fraction of sp³-hybridized carbons (Fsp3) is 0.200. The lowest BCUT2D eigenvalue weighted by molar-refractivity contribution is 0.366. The fourth-order valence-electron chi connectivity index (χ4n) is 0.992. The minimum absolute atomic E-state index is 0.230. The average molecular weight is 196 g/mol. The van der Waals surface area contributed by atoms with Gasteiger partial charge in [0.2, 0.25) is 0 Å². The highest BCUT2D eigenvalue weighted by Gasteiger charge is 2.04. The van der Waals surface area contributed by atoms with Crippen LogP contribution in [0.25, 0.3) is 0 Å². The number of benzene rings is 1. The van der Waals surface area contributed by atoms with Crippen molar-refractivity contribution in [3.63, 3.8) is 0 Å². The lowest BCUT2D eigenvalue weighted by Gasteiger charge is -2.08. The Labute approximate surface area is 82.6 Å². The molecule has 3 heteroatoms. The molecule has 0 unspecified atom stereocenters. The third kappa shape index (κ3) is 2.38. The highest BCUT2D eigenvalue weighted by molar-refractivity contribution is 6.31. The van der Waals surface area contributed by atoms with E-state index >= 15 is 0 Å². The highest BCUT2D eigenvalue weighted by atomic mass is 35.5. The molecule has 1 rings (SSSR count). The maximum atomic E-state index is 5.90. The van der Waals surface area contributed by atoms with Gasteiger partial charge in [-0.1, -0.05) is 23.6 Å². The van der Waals surface area contributed by atoms with Crippen LogP contribution in [0.2, 0.25) is 5.02 Å². The highest BCUT2D eigenvalue weighted by Crippen LogP contribution is 2.25. The number of nitrogens with two attached hydrogens (primary N) is 1. The first-order chi connectivity index (χ1) is 6.29. The van der Waals surface area contributed by atoms with Gasteiger partial charge in [0.15, 0.2) is 0 Å². The summed E-state index contributed by atoms with van der Waals surface area (Å²) < 4.78 is 5.26. The first-order valence-corrected chi connectivity index (χ1v) is 4.21. The zero-order valence-electron chi connectivity index (χ0n) is 7.09. The van der Waals surface area contributed by atoms with E-state index in [1.165, 1.54) is 0 Å². The molecule has 1 aromatic rings. The predicted molar refractivity (Wildman–Crippen MR) is 53.7 cm³/mol. The standard InChI is InChI=1S/C10H10ClNO/c1-2-6-13-10-5-3-4-9(11)8(10)7-12/h1,3-5H,6-7,12H2. The zero-order chi connectivity index (χ0) is 9.68. The average Bonchev–Trinajstić information content (AvgIpc) is 2.15. The van der Waals surface area contributed by atoms with E-state index < -0.39 is 0 Å². The van der Waals surface area contributed by atoms with Crippen LogP contribution < -0.4 is 10.5 Å². The van der Waals surface area contributed by atoms with Crippen molar-refractivity contribution in [1.29, 1.82) is 0 Å². The van der Waals surface area contributed by atoms with Crippen molar-refractivity contribution in [3.05, 3.63) is 28.8 Å². The van der Waals surface area contributed by atoms with Crippen LogP contribution >= 0.6 is 11.6 Å². The van der Waals surface area contributed by atoms with Gasteiger partial charge < -0.3 is 10.5 Å². The molecular weight excluding hydrogens is 186 g/mol. The van der Waals surface area contributed by atoms with E-state index in [0.717, 1.165) is 5.56 Å². The second-order valence-corrected chi connectivity index (χ2v) is 2.82. The van der Waals surface area contributed by atoms with Crippen LogP contribution in [0.4, 0.5) is 0 Å². The zero-order valence-corrected chi connectivity index (χ0v) is 7.84. The van der Waals surface area contributed by atoms with Crippen molar-refractivity contribution in [2.75, 3.05) is 6.61 Å². The van der Waals surface area contributed by atoms with Gasteiger partial charge >= 0.3 is 0 Å². The SMILES string of the molecule is C#CCOc1cccc(Cl)c1CN. The molecule has 0 aliphatic rings. The van der Waals surface area contributed by atoms with Gasteiger partial charge in [0.1, 0.15) is 12.4 Å². The maximum Gasteiger partial charge on any atom is 0.148 e. The van der Waals surface area contributed by atoms with Gasteiger partial charge in [-0.15, -0.1) is 6.42 Å². The van der Waals surface area contributed by atoms with E-state index in [-0.39, 0.29) is 6.61 Å². The normalized spacial score (nSPS) is 9.31. The summed E-state index contributed by atoms with van der Waals surface area (Å²) in [6.07, 6.45) is 5.07. The van der Waals surface area contributed by atoms with Crippen molar-refractivity contribution in [2.24, 2.45) is 5.73 Å². The summed E-state index contributed by atoms with van der Waals surface area (Å²) in [5.74, 6) is 3.04. The third-order valence-electron chi connectivity index (χ3n) is 1.59. The van der Waals surface area contributed by atoms with Crippen LogP contribution in [-0.2, 0) is 6.54 Å². The van der Waals surface area contributed by atoms with E-state index in [9.17, 15) is 0 Å². The predicted octanol–water partition coefficient (Wildman–Crippen LogP) is 1.81. The minimum atomic E-state index is 0.230. The second-order valence-electron chi connectivity index (χ2n) is 2.41. The lowest BCUT2D eigenvalue weighted by atomic mass is 10.2. The van der Waals surface area contributed by atoms with E-state index in [1.54, 1.807) is 18.2 Å². The summed E-state index contributed by atoms with van der Waals surface area (Å²) in [6, 6.07) is 5.37. The Balaban J connectivity index is 2.93. The van der Waals surface area contributed by atoms with Gasteiger partial charge in [0, 0.05) is 17.1 Å². The van der Waals surface area contributed by atoms with Gasteiger partial charge in [-0.3, -0.25) is 0 Å². The molecule has 0 fully saturated rings. The van der Waals surface area contributed by atoms with Crippen molar-refractivity contribution in [2.45, 2.75) is 6.54 Å². The van der Waals surface area contributed by atoms with Crippen LogP contribution in [0.3, 0.4) is 0 Å². The maximum absolute atomic E-state index is 5.90. The van der Waals surface area contributed by atoms with Crippen LogP contribution in [0.15, 0.2) is 18.2 Å². The smallest absolute Gasteiger partial charge is 0.148 e. The Kier molecular flexibility index (Phi) is 3.63. The molecule has 0 saturated carbocycles. The first kappa shape index (κ1) is 9.91. The molecule has 0 aliphatic heterocycles. The molecule has 0 bridgehead atoms. The van der Waals surface area contributed by atoms with Crippen LogP contribution in [0.1, 0.15) is 5.56 Å². The van der Waals surface area contributed by atoms with E-state index in [2.05, 4.69) is 5.92 Å². The Morgan fingerprint density at radius 1 is 1.54 bits per heavy atom. The summed E-state index contributed by atoms with van der Waals surface area (Å²) in [5, 5.41) is 0.608. The number of terminal acetylenes is 1. The summed E-state index contributed by atoms with van der Waals surface area (Å²) in [6.45, 7) is 0.576. The van der Waals surface area contributed by atoms with Crippen molar-refractivity contribution in [1.82, 2.24) is 0 Å². The first-order valence-electron chi connectivity index (χ1n) is 3.83. The molecule has 0 spiro atoms. The van der Waals surface area contributed by atoms with Crippen LogP contribution in [0.5, 0.6) is 5.75 Å². The Hall–Kier alpha value is -1.17. The van der Waals surface area contributed by atoms with E-state index in [4.69, 9.17) is 28.5 Å². The molecule has 0 atom stereocenters. The van der Waals surface area contributed by atoms with Gasteiger partial charge in [0.05, 0.1) is 0 Å². The van der Waals surface area contributed by atoms with Crippen LogP contribution in [-0.4, -0.2) is 6.61 Å². The molecule has 0 aromatic heterocycles. The van der Waals surface area contributed by atoms with Gasteiger partial charge in [-0.25, -0.2) is 0 Å². The van der Waals surface area contributed by atoms with Crippen molar-refractivity contribution < 1.29 is 4.74 Å². The summed E-state index contributed by atoms with van der Waals surface area (Å²) >= 11 is 5.90. The lowest BCUT2D eigenvalue weighted by Crippen LogP contribution is -2.03. The molecule has 0 amide bonds. The Bertz CT molecular complexity index is 330. The molecule has 0 radical (unpaired) electrons. The largest absolute Gasteiger partial charge is 0.481 e. The molecule has 1 aromatic carbocycles. The molecular formula is C10H10ClNO. The number of ether oxygens (including phenoxy) is 1. The molecule has 0 saturated heterocycles. The number of halogens is 1. The molecule has 13 heavy (non-hydrogen) atoms. The third-order valence-corrected chi connectivity index (χ3v) is 1.95. The summed E-state index contributed by atoms with van der Waals surface area (Å²) in [5.41, 5.74) is 6.30. The van der Waals surface area contributed by atoms with Crippen LogP contribution in [0, 0.1) is 12.3 Å². The number of hydrogen-bond acceptors (Lipinski definition) is 2. The summed E-state index contributed by atoms with van der Waals surface area (Å²) in [4.78, 5) is 0. The molecule has 68 valence electrons. The quantitative estimate of drug-likeness (QED) is 0.747. The molecule has 0 heterocycles. The van der Waals surface area contributed by atoms with Crippen molar-refractivity contribution in [3.8, 4) is 18.1 Å². The van der Waals surface area contributed by atoms with Gasteiger partial charge in [0.25, 0.3) is 0 Å². The minimum Gasteiger partial charge on any atom is -0.481 e. The molecule has 2 N–H and O–H groups in total. The second kappa shape index (κ2) is 4.76. The van der Waals surface area contributed by atoms with E-state index in [1.807, 2.05) is 0 Å². The molecule has 2 nitrogen and oxygen atoms in total. The van der Waals surface area contributed by atoms with Crippen molar-refractivity contribution >= 4 is 11.6 Å². The van der Waals surface area contributed by atoms with E-state index in [0.29, 0.717) is 17.3 Å². The molecule has 0 aliphatic carbocycles. The Morgan fingerprint density at radius 3 is 2.92 bits per heavy atom. The number of rotatable bonds is 3. The van der Waals surface area contributed by atoms with Gasteiger partial charge in [-0.2, -0.15) is 0 Å². The monoisotopic (exact) mass is 195 g/mol. The van der Waals surface area contributed by atoms with Gasteiger partial charge in [-0.05, 0) is 12.1 Å². The number of hydrogen-bond donors (Lipinski definition) is 1. The summed E-state index contributed by atoms with van der Waals surface area (Å²) in [7, 11) is 0. The fourth-order valence-corrected chi connectivity index (χ4v) is 1.23. The topological polar surface area (TPSA) is 35.2 Å².